The molecule has 0 aliphatic carbocycles. The van der Waals surface area contributed by atoms with Crippen LogP contribution in [0.1, 0.15) is 58.2 Å². The molecule has 0 aromatic carbocycles. The molecule has 1 rings (SSSR count). The molecule has 0 N–H and O–H groups in total. The van der Waals surface area contributed by atoms with E-state index in [2.05, 4.69) is 16.2 Å². The van der Waals surface area contributed by atoms with E-state index in [0.717, 1.165) is 12.2 Å². The molecule has 82 valence electrons. The molecular formula is C11H17N3O. The minimum Gasteiger partial charge on any atom is -0.339 e. The quantitative estimate of drug-likeness (QED) is 0.764. The van der Waals surface area contributed by atoms with Gasteiger partial charge in [0.1, 0.15) is 0 Å². The van der Waals surface area contributed by atoms with Crippen molar-refractivity contribution in [3.8, 4) is 6.07 Å². The SMILES string of the molecule is CC(CCC#N)c1nc(C(C)(C)C)no1. The molecule has 0 radical (unpaired) electrons. The molecule has 0 saturated heterocycles. The van der Waals surface area contributed by atoms with E-state index in [9.17, 15) is 0 Å². The van der Waals surface area contributed by atoms with Crippen LogP contribution in [0.2, 0.25) is 0 Å². The second-order valence-corrected chi connectivity index (χ2v) is 4.80. The van der Waals surface area contributed by atoms with Gasteiger partial charge in [-0.1, -0.05) is 32.9 Å². The summed E-state index contributed by atoms with van der Waals surface area (Å²) in [5.41, 5.74) is -0.0866. The van der Waals surface area contributed by atoms with Gasteiger partial charge in [-0.2, -0.15) is 10.2 Å². The van der Waals surface area contributed by atoms with Gasteiger partial charge in [0.15, 0.2) is 5.82 Å². The van der Waals surface area contributed by atoms with Crippen molar-refractivity contribution < 1.29 is 4.52 Å². The molecule has 1 heterocycles. The van der Waals surface area contributed by atoms with Crippen molar-refractivity contribution in [3.63, 3.8) is 0 Å². The lowest BCUT2D eigenvalue weighted by Gasteiger charge is -2.11. The number of hydrogen-bond acceptors (Lipinski definition) is 4. The highest BCUT2D eigenvalue weighted by molar-refractivity contribution is 5.02. The molecule has 0 aliphatic rings. The molecule has 0 bridgehead atoms. The standard InChI is InChI=1S/C11H17N3O/c1-8(6-5-7-12)9-13-10(14-15-9)11(2,3)4/h8H,5-6H2,1-4H3. The summed E-state index contributed by atoms with van der Waals surface area (Å²) in [5.74, 6) is 1.52. The molecular weight excluding hydrogens is 190 g/mol. The fourth-order valence-electron chi connectivity index (χ4n) is 1.14. The Bertz CT molecular complexity index is 357. The average molecular weight is 207 g/mol. The van der Waals surface area contributed by atoms with E-state index in [4.69, 9.17) is 9.78 Å². The van der Waals surface area contributed by atoms with Crippen LogP contribution in [-0.2, 0) is 5.41 Å². The van der Waals surface area contributed by atoms with E-state index in [-0.39, 0.29) is 11.3 Å². The van der Waals surface area contributed by atoms with Crippen molar-refractivity contribution in [2.75, 3.05) is 0 Å². The van der Waals surface area contributed by atoms with E-state index in [1.54, 1.807) is 0 Å². The molecule has 0 aliphatic heterocycles. The van der Waals surface area contributed by atoms with Gasteiger partial charge in [0.2, 0.25) is 5.89 Å². The number of nitrogens with zero attached hydrogens (tertiary/aromatic N) is 3. The van der Waals surface area contributed by atoms with Crippen molar-refractivity contribution in [1.82, 2.24) is 10.1 Å². The third-order valence-electron chi connectivity index (χ3n) is 2.22. The molecule has 0 spiro atoms. The van der Waals surface area contributed by atoms with Crippen molar-refractivity contribution in [3.05, 3.63) is 11.7 Å². The molecule has 15 heavy (non-hydrogen) atoms. The Kier molecular flexibility index (Phi) is 3.46. The minimum absolute atomic E-state index is 0.0866. The number of hydrogen-bond donors (Lipinski definition) is 0. The molecule has 1 atom stereocenters. The van der Waals surface area contributed by atoms with Crippen LogP contribution in [0.3, 0.4) is 0 Å². The third-order valence-corrected chi connectivity index (χ3v) is 2.22. The molecule has 0 fully saturated rings. The van der Waals surface area contributed by atoms with Gasteiger partial charge < -0.3 is 4.52 Å². The van der Waals surface area contributed by atoms with E-state index in [0.29, 0.717) is 12.3 Å². The summed E-state index contributed by atoms with van der Waals surface area (Å²) in [4.78, 5) is 4.35. The highest BCUT2D eigenvalue weighted by atomic mass is 16.5. The Balaban J connectivity index is 2.72. The third kappa shape index (κ3) is 3.05. The maximum Gasteiger partial charge on any atom is 0.229 e. The Morgan fingerprint density at radius 1 is 1.47 bits per heavy atom. The maximum atomic E-state index is 8.48. The van der Waals surface area contributed by atoms with E-state index >= 15 is 0 Å². The molecule has 1 unspecified atom stereocenters. The van der Waals surface area contributed by atoms with Crippen molar-refractivity contribution >= 4 is 0 Å². The van der Waals surface area contributed by atoms with Gasteiger partial charge in [-0.05, 0) is 6.42 Å². The second-order valence-electron chi connectivity index (χ2n) is 4.80. The van der Waals surface area contributed by atoms with Crippen molar-refractivity contribution in [1.29, 1.82) is 5.26 Å². The summed E-state index contributed by atoms with van der Waals surface area (Å²) >= 11 is 0. The van der Waals surface area contributed by atoms with Gasteiger partial charge >= 0.3 is 0 Å². The monoisotopic (exact) mass is 207 g/mol. The fourth-order valence-corrected chi connectivity index (χ4v) is 1.14. The van der Waals surface area contributed by atoms with Crippen molar-refractivity contribution in [2.24, 2.45) is 0 Å². The van der Waals surface area contributed by atoms with Gasteiger partial charge in [0, 0.05) is 17.8 Å². The lowest BCUT2D eigenvalue weighted by atomic mass is 9.96. The van der Waals surface area contributed by atoms with Crippen LogP contribution in [0.5, 0.6) is 0 Å². The average Bonchev–Trinajstić information content (AvgIpc) is 2.62. The highest BCUT2D eigenvalue weighted by Crippen LogP contribution is 2.23. The zero-order chi connectivity index (χ0) is 11.5. The zero-order valence-corrected chi connectivity index (χ0v) is 9.74. The maximum absolute atomic E-state index is 8.48. The number of rotatable bonds is 3. The predicted octanol–water partition coefficient (Wildman–Crippen LogP) is 2.77. The molecule has 0 amide bonds. The van der Waals surface area contributed by atoms with Crippen LogP contribution < -0.4 is 0 Å². The lowest BCUT2D eigenvalue weighted by Crippen LogP contribution is -2.13. The van der Waals surface area contributed by atoms with E-state index < -0.39 is 0 Å². The van der Waals surface area contributed by atoms with Crippen LogP contribution in [0.25, 0.3) is 0 Å². The van der Waals surface area contributed by atoms with Gasteiger partial charge in [-0.15, -0.1) is 0 Å². The second kappa shape index (κ2) is 4.43. The van der Waals surface area contributed by atoms with Crippen molar-refractivity contribution in [2.45, 2.75) is 51.9 Å². The predicted molar refractivity (Wildman–Crippen MR) is 56.3 cm³/mol. The zero-order valence-electron chi connectivity index (χ0n) is 9.74. The minimum atomic E-state index is -0.0866. The Morgan fingerprint density at radius 2 is 2.13 bits per heavy atom. The van der Waals surface area contributed by atoms with Crippen LogP contribution in [0.15, 0.2) is 4.52 Å². The van der Waals surface area contributed by atoms with Crippen LogP contribution in [0, 0.1) is 11.3 Å². The Labute approximate surface area is 90.3 Å². The van der Waals surface area contributed by atoms with Crippen LogP contribution >= 0.6 is 0 Å². The molecule has 0 saturated carbocycles. The summed E-state index contributed by atoms with van der Waals surface area (Å²) in [5, 5.41) is 12.4. The first-order chi connectivity index (χ1) is 6.95. The summed E-state index contributed by atoms with van der Waals surface area (Å²) in [6, 6.07) is 2.12. The molecule has 1 aromatic rings. The topological polar surface area (TPSA) is 62.7 Å². The van der Waals surface area contributed by atoms with Gasteiger partial charge in [0.05, 0.1) is 6.07 Å². The first kappa shape index (κ1) is 11.7. The lowest BCUT2D eigenvalue weighted by molar-refractivity contribution is 0.343. The van der Waals surface area contributed by atoms with E-state index in [1.165, 1.54) is 0 Å². The summed E-state index contributed by atoms with van der Waals surface area (Å²) in [7, 11) is 0. The highest BCUT2D eigenvalue weighted by Gasteiger charge is 2.22. The first-order valence-electron chi connectivity index (χ1n) is 5.16. The molecule has 4 heteroatoms. The number of nitriles is 1. The summed E-state index contributed by atoms with van der Waals surface area (Å²) in [6.07, 6.45) is 1.29. The van der Waals surface area contributed by atoms with Gasteiger partial charge in [-0.3, -0.25) is 0 Å². The molecule has 4 nitrogen and oxygen atoms in total. The fraction of sp³-hybridized carbons (Fsp3) is 0.727. The van der Waals surface area contributed by atoms with Crippen LogP contribution in [0.4, 0.5) is 0 Å². The summed E-state index contributed by atoms with van der Waals surface area (Å²) in [6.45, 7) is 8.13. The Morgan fingerprint density at radius 3 is 2.60 bits per heavy atom. The largest absolute Gasteiger partial charge is 0.339 e. The van der Waals surface area contributed by atoms with Crippen LogP contribution in [-0.4, -0.2) is 10.1 Å². The smallest absolute Gasteiger partial charge is 0.229 e. The normalized spacial score (nSPS) is 13.5. The first-order valence-corrected chi connectivity index (χ1v) is 5.16. The summed E-state index contributed by atoms with van der Waals surface area (Å²) < 4.78 is 5.18. The van der Waals surface area contributed by atoms with E-state index in [1.807, 2.05) is 27.7 Å². The van der Waals surface area contributed by atoms with Gasteiger partial charge in [0.25, 0.3) is 0 Å². The Hall–Kier alpha value is -1.37. The molecule has 1 aromatic heterocycles. The van der Waals surface area contributed by atoms with Gasteiger partial charge in [-0.25, -0.2) is 0 Å². The number of aromatic nitrogens is 2.